The first-order valence-electron chi connectivity index (χ1n) is 10.2. The Balaban J connectivity index is 0.00000141. The Labute approximate surface area is 186 Å². The molecule has 0 saturated carbocycles. The number of nitrogens with zero attached hydrogens (tertiary/aromatic N) is 2. The molecular weight excluding hydrogens is 446 g/mol. The standard InChI is InChI=1S/C20H19F4N3O2S.C2H6/c1-29-19-3-2-12(8-18(19)26-6-4-25-5-7-26)30(28)27-11-14(20(23)24)13-9-15(21)16(22)10-17(13)27;1-2/h2-3,8-11,20,25H,4-7H2,1H3;1-2H3. The van der Waals surface area contributed by atoms with Crippen LogP contribution in [0.5, 0.6) is 5.75 Å². The topological polar surface area (TPSA) is 46.5 Å². The zero-order valence-electron chi connectivity index (χ0n) is 18.0. The van der Waals surface area contributed by atoms with Crippen molar-refractivity contribution in [2.24, 2.45) is 0 Å². The van der Waals surface area contributed by atoms with Gasteiger partial charge in [-0.1, -0.05) is 13.8 Å². The Hall–Kier alpha value is -2.59. The van der Waals surface area contributed by atoms with Crippen LogP contribution >= 0.6 is 0 Å². The number of benzene rings is 2. The molecule has 3 aromatic rings. The van der Waals surface area contributed by atoms with E-state index in [2.05, 4.69) is 10.2 Å². The molecule has 1 aliphatic heterocycles. The number of hydrogen-bond donors (Lipinski definition) is 1. The van der Waals surface area contributed by atoms with Gasteiger partial charge in [0.1, 0.15) is 5.75 Å². The number of anilines is 1. The number of methoxy groups -OCH3 is 1. The van der Waals surface area contributed by atoms with Crippen LogP contribution in [0, 0.1) is 11.6 Å². The lowest BCUT2D eigenvalue weighted by Crippen LogP contribution is -2.43. The van der Waals surface area contributed by atoms with Gasteiger partial charge in [0.25, 0.3) is 6.43 Å². The van der Waals surface area contributed by atoms with Gasteiger partial charge in [-0.2, -0.15) is 0 Å². The maximum Gasteiger partial charge on any atom is 0.265 e. The Kier molecular flexibility index (Phi) is 7.78. The number of piperazine rings is 1. The number of fused-ring (bicyclic) bond motifs is 1. The largest absolute Gasteiger partial charge is 0.495 e. The minimum atomic E-state index is -2.93. The smallest absolute Gasteiger partial charge is 0.265 e. The normalized spacial score (nSPS) is 14.9. The molecule has 1 N–H and O–H groups in total. The number of rotatable bonds is 5. The zero-order chi connectivity index (χ0) is 23.4. The Morgan fingerprint density at radius 2 is 1.72 bits per heavy atom. The number of nitrogens with one attached hydrogen (secondary N) is 1. The molecule has 0 spiro atoms. The van der Waals surface area contributed by atoms with Crippen molar-refractivity contribution in [3.8, 4) is 5.75 Å². The maximum atomic E-state index is 13.8. The molecule has 0 bridgehead atoms. The number of hydrogen-bond acceptors (Lipinski definition) is 4. The molecular formula is C22H25F4N3O2S. The second-order valence-electron chi connectivity index (χ2n) is 6.81. The molecule has 4 rings (SSSR count). The van der Waals surface area contributed by atoms with Gasteiger partial charge in [-0.25, -0.2) is 21.8 Å². The lowest BCUT2D eigenvalue weighted by atomic mass is 10.2. The maximum absolute atomic E-state index is 13.8. The third kappa shape index (κ3) is 4.61. The van der Waals surface area contributed by atoms with Gasteiger partial charge < -0.3 is 15.0 Å². The minimum Gasteiger partial charge on any atom is -0.495 e. The predicted octanol–water partition coefficient (Wildman–Crippen LogP) is 4.87. The van der Waals surface area contributed by atoms with E-state index in [1.165, 1.54) is 7.11 Å². The molecule has 32 heavy (non-hydrogen) atoms. The van der Waals surface area contributed by atoms with Gasteiger partial charge in [0.2, 0.25) is 0 Å². The highest BCUT2D eigenvalue weighted by Gasteiger charge is 2.23. The summed E-state index contributed by atoms with van der Waals surface area (Å²) in [6.07, 6.45) is -1.94. The summed E-state index contributed by atoms with van der Waals surface area (Å²) in [4.78, 5) is 2.40. The SMILES string of the molecule is CC.COc1ccc(S(=O)n2cc(C(F)F)c3cc(F)c(F)cc32)cc1N1CCNCC1. The van der Waals surface area contributed by atoms with Crippen molar-refractivity contribution in [3.63, 3.8) is 0 Å². The van der Waals surface area contributed by atoms with Gasteiger partial charge in [-0.15, -0.1) is 0 Å². The molecule has 0 aliphatic carbocycles. The minimum absolute atomic E-state index is 0.0675. The van der Waals surface area contributed by atoms with Crippen LogP contribution in [-0.2, 0) is 11.0 Å². The molecule has 5 nitrogen and oxygen atoms in total. The summed E-state index contributed by atoms with van der Waals surface area (Å²) in [6, 6.07) is 6.39. The molecule has 2 aromatic carbocycles. The summed E-state index contributed by atoms with van der Waals surface area (Å²) in [5.41, 5.74) is 0.155. The fourth-order valence-electron chi connectivity index (χ4n) is 3.57. The number of ether oxygens (including phenoxy) is 1. The van der Waals surface area contributed by atoms with E-state index in [0.29, 0.717) is 16.7 Å². The van der Waals surface area contributed by atoms with Crippen LogP contribution < -0.4 is 15.0 Å². The van der Waals surface area contributed by atoms with Gasteiger partial charge in [0, 0.05) is 49.4 Å². The molecule has 10 heteroatoms. The lowest BCUT2D eigenvalue weighted by molar-refractivity contribution is 0.153. The van der Waals surface area contributed by atoms with E-state index in [0.717, 1.165) is 48.1 Å². The Morgan fingerprint density at radius 1 is 1.06 bits per heavy atom. The van der Waals surface area contributed by atoms with Gasteiger partial charge in [0.15, 0.2) is 22.6 Å². The van der Waals surface area contributed by atoms with E-state index in [9.17, 15) is 21.8 Å². The molecule has 1 saturated heterocycles. The summed E-state index contributed by atoms with van der Waals surface area (Å²) in [7, 11) is -0.429. The molecule has 1 aliphatic rings. The van der Waals surface area contributed by atoms with E-state index in [-0.39, 0.29) is 10.9 Å². The lowest BCUT2D eigenvalue weighted by Gasteiger charge is -2.30. The summed E-state index contributed by atoms with van der Waals surface area (Å²) in [5.74, 6) is -1.84. The highest BCUT2D eigenvalue weighted by atomic mass is 32.2. The second-order valence-corrected chi connectivity index (χ2v) is 8.18. The van der Waals surface area contributed by atoms with E-state index >= 15 is 0 Å². The van der Waals surface area contributed by atoms with Gasteiger partial charge in [-0.3, -0.25) is 3.97 Å². The summed E-state index contributed by atoms with van der Waals surface area (Å²) in [6.45, 7) is 7.00. The van der Waals surface area contributed by atoms with Crippen molar-refractivity contribution in [3.05, 3.63) is 53.7 Å². The van der Waals surface area contributed by atoms with E-state index in [4.69, 9.17) is 4.74 Å². The number of halogens is 4. The monoisotopic (exact) mass is 471 g/mol. The molecule has 1 aromatic heterocycles. The highest BCUT2D eigenvalue weighted by molar-refractivity contribution is 7.83. The first-order valence-corrected chi connectivity index (χ1v) is 11.4. The van der Waals surface area contributed by atoms with Crippen molar-refractivity contribution in [1.29, 1.82) is 0 Å². The van der Waals surface area contributed by atoms with E-state index < -0.39 is 34.6 Å². The molecule has 1 unspecified atom stereocenters. The third-order valence-electron chi connectivity index (χ3n) is 5.07. The van der Waals surface area contributed by atoms with Crippen molar-refractivity contribution in [2.45, 2.75) is 25.2 Å². The van der Waals surface area contributed by atoms with Gasteiger partial charge >= 0.3 is 0 Å². The first-order chi connectivity index (χ1) is 15.4. The molecule has 0 amide bonds. The number of alkyl halides is 2. The van der Waals surface area contributed by atoms with Crippen LogP contribution in [0.2, 0.25) is 0 Å². The zero-order valence-corrected chi connectivity index (χ0v) is 18.8. The van der Waals surface area contributed by atoms with Crippen molar-refractivity contribution in [2.75, 3.05) is 38.2 Å². The fourth-order valence-corrected chi connectivity index (χ4v) is 4.73. The van der Waals surface area contributed by atoms with Crippen molar-refractivity contribution < 1.29 is 26.5 Å². The predicted molar refractivity (Wildman–Crippen MR) is 118 cm³/mol. The summed E-state index contributed by atoms with van der Waals surface area (Å²) < 4.78 is 74.1. The van der Waals surface area contributed by atoms with Gasteiger partial charge in [0.05, 0.1) is 23.2 Å². The van der Waals surface area contributed by atoms with Crippen LogP contribution in [0.4, 0.5) is 23.2 Å². The third-order valence-corrected chi connectivity index (χ3v) is 6.38. The van der Waals surface area contributed by atoms with Crippen LogP contribution in [-0.4, -0.2) is 41.5 Å². The van der Waals surface area contributed by atoms with Crippen LogP contribution in [0.3, 0.4) is 0 Å². The first kappa shape index (κ1) is 24.1. The Bertz CT molecular complexity index is 1110. The Morgan fingerprint density at radius 3 is 2.34 bits per heavy atom. The average molecular weight is 472 g/mol. The molecule has 2 heterocycles. The van der Waals surface area contributed by atoms with Crippen LogP contribution in [0.15, 0.2) is 41.4 Å². The summed E-state index contributed by atoms with van der Waals surface area (Å²) in [5, 5.41) is 3.07. The van der Waals surface area contributed by atoms with Crippen LogP contribution in [0.1, 0.15) is 25.8 Å². The number of aromatic nitrogens is 1. The molecule has 1 fully saturated rings. The molecule has 174 valence electrons. The molecule has 1 atom stereocenters. The van der Waals surface area contributed by atoms with E-state index in [1.807, 2.05) is 13.8 Å². The fraction of sp³-hybridized carbons (Fsp3) is 0.364. The second kappa shape index (κ2) is 10.4. The summed E-state index contributed by atoms with van der Waals surface area (Å²) >= 11 is 0. The quantitative estimate of drug-likeness (QED) is 0.540. The average Bonchev–Trinajstić information content (AvgIpc) is 3.18. The van der Waals surface area contributed by atoms with Gasteiger partial charge in [-0.05, 0) is 24.3 Å². The molecule has 0 radical (unpaired) electrons. The van der Waals surface area contributed by atoms with Crippen LogP contribution in [0.25, 0.3) is 10.9 Å². The van der Waals surface area contributed by atoms with E-state index in [1.54, 1.807) is 18.2 Å². The van der Waals surface area contributed by atoms with Crippen molar-refractivity contribution >= 4 is 27.6 Å². The highest BCUT2D eigenvalue weighted by Crippen LogP contribution is 2.35. The van der Waals surface area contributed by atoms with Crippen molar-refractivity contribution in [1.82, 2.24) is 9.29 Å².